The molecule has 1 rings (SSSR count). The molecule has 1 aromatic rings. The number of nitrogens with zero attached hydrogens (tertiary/aromatic N) is 1. The number of rotatable bonds is 6. The number of hydrogen-bond acceptors (Lipinski definition) is 4. The van der Waals surface area contributed by atoms with Crippen LogP contribution >= 0.6 is 15.9 Å². The third-order valence-corrected chi connectivity index (χ3v) is 1.98. The topological polar surface area (TPSA) is 54.4 Å². The first-order valence-electron chi connectivity index (χ1n) is 4.37. The lowest BCUT2D eigenvalue weighted by molar-refractivity contribution is 0.0992. The first kappa shape index (κ1) is 11.4. The first-order valence-corrected chi connectivity index (χ1v) is 5.16. The zero-order chi connectivity index (χ0) is 10.2. The highest BCUT2D eigenvalue weighted by atomic mass is 79.9. The minimum absolute atomic E-state index is 0.0660. The molecule has 0 aliphatic carbocycles. The fraction of sp³-hybridized carbons (Fsp3) is 0.444. The van der Waals surface area contributed by atoms with E-state index in [1.165, 1.54) is 0 Å². The van der Waals surface area contributed by atoms with E-state index in [9.17, 15) is 0 Å². The van der Waals surface area contributed by atoms with Gasteiger partial charge in [-0.25, -0.2) is 4.98 Å². The van der Waals surface area contributed by atoms with Gasteiger partial charge in [0.05, 0.1) is 19.8 Å². The van der Waals surface area contributed by atoms with E-state index < -0.39 is 0 Å². The Balaban J connectivity index is 2.15. The van der Waals surface area contributed by atoms with Gasteiger partial charge in [0.25, 0.3) is 0 Å². The predicted molar refractivity (Wildman–Crippen MR) is 58.3 cm³/mol. The van der Waals surface area contributed by atoms with Gasteiger partial charge in [-0.15, -0.1) is 0 Å². The number of aliphatic hydroxyl groups excluding tert-OH is 1. The lowest BCUT2D eigenvalue weighted by Crippen LogP contribution is -2.11. The lowest BCUT2D eigenvalue weighted by atomic mass is 10.4. The first-order chi connectivity index (χ1) is 6.83. The Labute approximate surface area is 91.4 Å². The molecule has 14 heavy (non-hydrogen) atoms. The van der Waals surface area contributed by atoms with E-state index in [1.54, 1.807) is 6.20 Å². The van der Waals surface area contributed by atoms with Gasteiger partial charge < -0.3 is 15.2 Å². The summed E-state index contributed by atoms with van der Waals surface area (Å²) < 4.78 is 6.04. The van der Waals surface area contributed by atoms with Gasteiger partial charge in [-0.1, -0.05) is 0 Å². The van der Waals surface area contributed by atoms with Crippen molar-refractivity contribution in [2.24, 2.45) is 0 Å². The van der Waals surface area contributed by atoms with Crippen LogP contribution in [0.15, 0.2) is 22.8 Å². The van der Waals surface area contributed by atoms with Crippen molar-refractivity contribution in [2.75, 3.05) is 31.7 Å². The zero-order valence-electron chi connectivity index (χ0n) is 7.74. The van der Waals surface area contributed by atoms with Crippen LogP contribution in [0.3, 0.4) is 0 Å². The van der Waals surface area contributed by atoms with E-state index >= 15 is 0 Å². The molecule has 4 nitrogen and oxygen atoms in total. The minimum Gasteiger partial charge on any atom is -0.394 e. The second-order valence-electron chi connectivity index (χ2n) is 2.62. The highest BCUT2D eigenvalue weighted by Crippen LogP contribution is 2.09. The van der Waals surface area contributed by atoms with Crippen LogP contribution in [-0.2, 0) is 4.74 Å². The maximum Gasteiger partial charge on any atom is 0.126 e. The molecule has 0 aliphatic heterocycles. The van der Waals surface area contributed by atoms with Crippen LogP contribution in [0.5, 0.6) is 0 Å². The molecule has 0 aliphatic rings. The Morgan fingerprint density at radius 1 is 1.43 bits per heavy atom. The Morgan fingerprint density at radius 3 is 2.93 bits per heavy atom. The molecule has 0 saturated heterocycles. The van der Waals surface area contributed by atoms with E-state index in [0.29, 0.717) is 19.8 Å². The predicted octanol–water partition coefficient (Wildman–Crippen LogP) is 1.26. The number of nitrogens with one attached hydrogen (secondary N) is 1. The van der Waals surface area contributed by atoms with Crippen LogP contribution in [-0.4, -0.2) is 36.5 Å². The Morgan fingerprint density at radius 2 is 2.29 bits per heavy atom. The number of pyridine rings is 1. The van der Waals surface area contributed by atoms with Gasteiger partial charge in [-0.3, -0.25) is 0 Å². The van der Waals surface area contributed by atoms with Gasteiger partial charge in [-0.05, 0) is 28.1 Å². The molecule has 0 unspecified atom stereocenters. The Bertz CT molecular complexity index is 253. The molecule has 0 saturated carbocycles. The van der Waals surface area contributed by atoms with Crippen LogP contribution in [0.25, 0.3) is 0 Å². The Hall–Kier alpha value is -0.650. The molecule has 0 spiro atoms. The van der Waals surface area contributed by atoms with Crippen molar-refractivity contribution in [3.05, 3.63) is 22.8 Å². The Kier molecular flexibility index (Phi) is 5.51. The molecule has 0 radical (unpaired) electrons. The number of halogens is 1. The van der Waals surface area contributed by atoms with Crippen molar-refractivity contribution >= 4 is 21.7 Å². The van der Waals surface area contributed by atoms with Gasteiger partial charge in [0.1, 0.15) is 5.82 Å². The van der Waals surface area contributed by atoms with Gasteiger partial charge in [-0.2, -0.15) is 0 Å². The van der Waals surface area contributed by atoms with Gasteiger partial charge in [0.15, 0.2) is 0 Å². The number of aromatic nitrogens is 1. The van der Waals surface area contributed by atoms with Crippen molar-refractivity contribution in [3.63, 3.8) is 0 Å². The molecule has 78 valence electrons. The van der Waals surface area contributed by atoms with E-state index in [1.807, 2.05) is 12.1 Å². The summed E-state index contributed by atoms with van der Waals surface area (Å²) in [7, 11) is 0. The van der Waals surface area contributed by atoms with Crippen molar-refractivity contribution < 1.29 is 9.84 Å². The molecule has 1 heterocycles. The summed E-state index contributed by atoms with van der Waals surface area (Å²) in [6.45, 7) is 1.71. The molecular weight excluding hydrogens is 248 g/mol. The van der Waals surface area contributed by atoms with Crippen LogP contribution in [0, 0.1) is 0 Å². The molecule has 0 amide bonds. The quantitative estimate of drug-likeness (QED) is 0.757. The number of anilines is 1. The highest BCUT2D eigenvalue weighted by Gasteiger charge is 1.92. The summed E-state index contributed by atoms with van der Waals surface area (Å²) >= 11 is 3.31. The molecular formula is C9H13BrN2O2. The summed E-state index contributed by atoms with van der Waals surface area (Å²) in [5.41, 5.74) is 0. The van der Waals surface area contributed by atoms with Crippen LogP contribution < -0.4 is 5.32 Å². The monoisotopic (exact) mass is 260 g/mol. The van der Waals surface area contributed by atoms with Crippen molar-refractivity contribution in [2.45, 2.75) is 0 Å². The number of aliphatic hydroxyl groups is 1. The number of hydrogen-bond donors (Lipinski definition) is 2. The average molecular weight is 261 g/mol. The van der Waals surface area contributed by atoms with Crippen molar-refractivity contribution in [1.29, 1.82) is 0 Å². The second-order valence-corrected chi connectivity index (χ2v) is 3.54. The van der Waals surface area contributed by atoms with Gasteiger partial charge >= 0.3 is 0 Å². The summed E-state index contributed by atoms with van der Waals surface area (Å²) in [6, 6.07) is 3.81. The largest absolute Gasteiger partial charge is 0.394 e. The fourth-order valence-corrected chi connectivity index (χ4v) is 1.13. The third-order valence-electron chi connectivity index (χ3n) is 1.52. The zero-order valence-corrected chi connectivity index (χ0v) is 9.33. The molecule has 5 heteroatoms. The van der Waals surface area contributed by atoms with Crippen molar-refractivity contribution in [1.82, 2.24) is 4.98 Å². The molecule has 0 fully saturated rings. The fourth-order valence-electron chi connectivity index (χ4n) is 0.898. The molecule has 0 atom stereocenters. The molecule has 2 N–H and O–H groups in total. The maximum atomic E-state index is 8.45. The van der Waals surface area contributed by atoms with Crippen LogP contribution in [0.1, 0.15) is 0 Å². The number of ether oxygens (including phenoxy) is 1. The summed E-state index contributed by atoms with van der Waals surface area (Å²) in [6.07, 6.45) is 1.73. The van der Waals surface area contributed by atoms with Crippen LogP contribution in [0.4, 0.5) is 5.82 Å². The summed E-state index contributed by atoms with van der Waals surface area (Å²) in [4.78, 5) is 4.13. The second kappa shape index (κ2) is 6.75. The van der Waals surface area contributed by atoms with Gasteiger partial charge in [0.2, 0.25) is 0 Å². The standard InChI is InChI=1S/C9H13BrN2O2/c10-8-1-2-9(12-7-8)11-3-5-14-6-4-13/h1-2,7,13H,3-6H2,(H,11,12). The smallest absolute Gasteiger partial charge is 0.126 e. The van der Waals surface area contributed by atoms with E-state index in [0.717, 1.165) is 10.3 Å². The van der Waals surface area contributed by atoms with Crippen molar-refractivity contribution in [3.8, 4) is 0 Å². The minimum atomic E-state index is 0.0660. The molecule has 0 aromatic carbocycles. The van der Waals surface area contributed by atoms with E-state index in [-0.39, 0.29) is 6.61 Å². The SMILES string of the molecule is OCCOCCNc1ccc(Br)cn1. The van der Waals surface area contributed by atoms with Gasteiger partial charge in [0, 0.05) is 17.2 Å². The normalized spacial score (nSPS) is 10.1. The maximum absolute atomic E-state index is 8.45. The third kappa shape index (κ3) is 4.55. The average Bonchev–Trinajstić information content (AvgIpc) is 2.21. The molecule has 0 bridgehead atoms. The van der Waals surface area contributed by atoms with Crippen LogP contribution in [0.2, 0.25) is 0 Å². The summed E-state index contributed by atoms with van der Waals surface area (Å²) in [5.74, 6) is 0.820. The molecule has 1 aromatic heterocycles. The highest BCUT2D eigenvalue weighted by molar-refractivity contribution is 9.10. The lowest BCUT2D eigenvalue weighted by Gasteiger charge is -2.05. The summed E-state index contributed by atoms with van der Waals surface area (Å²) in [5, 5.41) is 11.5. The van der Waals surface area contributed by atoms with E-state index in [2.05, 4.69) is 26.2 Å². The van der Waals surface area contributed by atoms with E-state index in [4.69, 9.17) is 9.84 Å².